The zero-order valence-electron chi connectivity index (χ0n) is 14.8. The first kappa shape index (κ1) is 16.8. The normalized spacial score (nSPS) is 18.6. The van der Waals surface area contributed by atoms with E-state index < -0.39 is 5.60 Å². The van der Waals surface area contributed by atoms with Gasteiger partial charge < -0.3 is 15.0 Å². The number of alkyl carbamates (subject to hydrolysis) is 1. The minimum absolute atomic E-state index is 0.176. The fourth-order valence-corrected chi connectivity index (χ4v) is 3.30. The lowest BCUT2D eigenvalue weighted by atomic mass is 9.98. The van der Waals surface area contributed by atoms with E-state index in [4.69, 9.17) is 9.73 Å². The molecule has 1 aromatic carbocycles. The van der Waals surface area contributed by atoms with Crippen LogP contribution in [0.5, 0.6) is 0 Å². The first-order valence-electron chi connectivity index (χ1n) is 8.79. The summed E-state index contributed by atoms with van der Waals surface area (Å²) < 4.78 is 5.34. The molecule has 0 unspecified atom stereocenters. The number of hydrogen-bond acceptors (Lipinski definition) is 4. The average Bonchev–Trinajstić information content (AvgIpc) is 2.53. The molecule has 0 atom stereocenters. The zero-order valence-corrected chi connectivity index (χ0v) is 14.8. The third-order valence-electron chi connectivity index (χ3n) is 4.42. The molecule has 5 nitrogen and oxygen atoms in total. The van der Waals surface area contributed by atoms with Crippen LogP contribution in [0, 0.1) is 0 Å². The zero-order chi connectivity index (χ0) is 17.2. The highest BCUT2D eigenvalue weighted by molar-refractivity contribution is 6.00. The Morgan fingerprint density at radius 2 is 1.96 bits per heavy atom. The highest BCUT2D eigenvalue weighted by Gasteiger charge is 2.27. The van der Waals surface area contributed by atoms with Crippen LogP contribution in [0.1, 0.15) is 44.7 Å². The lowest BCUT2D eigenvalue weighted by Crippen LogP contribution is -2.48. The van der Waals surface area contributed by atoms with Gasteiger partial charge in [-0.25, -0.2) is 4.79 Å². The number of rotatable bonds is 1. The van der Waals surface area contributed by atoms with Gasteiger partial charge in [0.15, 0.2) is 0 Å². The van der Waals surface area contributed by atoms with Gasteiger partial charge in [-0.3, -0.25) is 4.99 Å². The van der Waals surface area contributed by atoms with Crippen molar-refractivity contribution in [3.8, 4) is 0 Å². The fourth-order valence-electron chi connectivity index (χ4n) is 3.30. The minimum atomic E-state index is -0.453. The molecule has 5 heteroatoms. The highest BCUT2D eigenvalue weighted by Crippen LogP contribution is 2.21. The van der Waals surface area contributed by atoms with Gasteiger partial charge in [-0.05, 0) is 45.6 Å². The van der Waals surface area contributed by atoms with E-state index in [-0.39, 0.29) is 12.1 Å². The second kappa shape index (κ2) is 6.83. The highest BCUT2D eigenvalue weighted by atomic mass is 16.6. The van der Waals surface area contributed by atoms with E-state index in [0.29, 0.717) is 0 Å². The number of likely N-dealkylation sites (tertiary alicyclic amines) is 1. The van der Waals surface area contributed by atoms with Crippen LogP contribution in [0.3, 0.4) is 0 Å². The quantitative estimate of drug-likeness (QED) is 0.862. The van der Waals surface area contributed by atoms with Gasteiger partial charge in [-0.15, -0.1) is 0 Å². The lowest BCUT2D eigenvalue weighted by Gasteiger charge is -2.36. The van der Waals surface area contributed by atoms with E-state index in [9.17, 15) is 4.79 Å². The van der Waals surface area contributed by atoms with Crippen molar-refractivity contribution in [1.82, 2.24) is 10.2 Å². The van der Waals surface area contributed by atoms with Crippen molar-refractivity contribution in [1.29, 1.82) is 0 Å². The van der Waals surface area contributed by atoms with Gasteiger partial charge in [0, 0.05) is 31.2 Å². The summed E-state index contributed by atoms with van der Waals surface area (Å²) in [6, 6.07) is 8.71. The van der Waals surface area contributed by atoms with Crippen molar-refractivity contribution < 1.29 is 9.53 Å². The molecule has 0 bridgehead atoms. The third-order valence-corrected chi connectivity index (χ3v) is 4.42. The predicted molar refractivity (Wildman–Crippen MR) is 95.5 cm³/mol. The number of fused-ring (bicyclic) bond motifs is 1. The van der Waals surface area contributed by atoms with Crippen LogP contribution in [0.15, 0.2) is 29.3 Å². The fraction of sp³-hybridized carbons (Fsp3) is 0.579. The van der Waals surface area contributed by atoms with Crippen molar-refractivity contribution >= 4 is 11.9 Å². The summed E-state index contributed by atoms with van der Waals surface area (Å²) in [5.74, 6) is 1.12. The van der Waals surface area contributed by atoms with Gasteiger partial charge in [0.1, 0.15) is 11.4 Å². The maximum atomic E-state index is 11.9. The van der Waals surface area contributed by atoms with Crippen LogP contribution in [0.4, 0.5) is 4.79 Å². The number of carbonyl (C=O) groups is 1. The molecule has 1 N–H and O–H groups in total. The van der Waals surface area contributed by atoms with Gasteiger partial charge in [0.25, 0.3) is 0 Å². The third kappa shape index (κ3) is 4.08. The molecule has 1 aromatic rings. The molecule has 24 heavy (non-hydrogen) atoms. The Hall–Kier alpha value is -2.04. The summed E-state index contributed by atoms with van der Waals surface area (Å²) in [5.41, 5.74) is 2.20. The summed E-state index contributed by atoms with van der Waals surface area (Å²) in [5, 5.41) is 2.99. The number of benzene rings is 1. The van der Waals surface area contributed by atoms with Crippen molar-refractivity contribution in [2.75, 3.05) is 19.6 Å². The van der Waals surface area contributed by atoms with Crippen molar-refractivity contribution in [2.24, 2.45) is 4.99 Å². The summed E-state index contributed by atoms with van der Waals surface area (Å²) in [6.45, 7) is 8.33. The SMILES string of the molecule is CC(C)(C)OC(=O)NC1CCN(C2=NCCc3ccccc32)CC1. The minimum Gasteiger partial charge on any atom is -0.444 e. The predicted octanol–water partition coefficient (Wildman–Crippen LogP) is 2.98. The molecule has 2 aliphatic rings. The Labute approximate surface area is 144 Å². The van der Waals surface area contributed by atoms with Crippen molar-refractivity contribution in [2.45, 2.75) is 51.7 Å². The number of aliphatic imine (C=N–C) groups is 1. The monoisotopic (exact) mass is 329 g/mol. The molecule has 2 heterocycles. The molecule has 3 rings (SSSR count). The van der Waals surface area contributed by atoms with Gasteiger partial charge >= 0.3 is 6.09 Å². The summed E-state index contributed by atoms with van der Waals surface area (Å²) in [6.07, 6.45) is 2.54. The Bertz CT molecular complexity index is 626. The molecule has 1 saturated heterocycles. The molecule has 0 spiro atoms. The van der Waals surface area contributed by atoms with Gasteiger partial charge in [-0.1, -0.05) is 24.3 Å². The van der Waals surface area contributed by atoms with Gasteiger partial charge in [0.2, 0.25) is 0 Å². The first-order valence-corrected chi connectivity index (χ1v) is 8.79. The molecule has 0 aromatic heterocycles. The standard InChI is InChI=1S/C19H27N3O2/c1-19(2,3)24-18(23)21-15-9-12-22(13-10-15)17-16-7-5-4-6-14(16)8-11-20-17/h4-7,15H,8-13H2,1-3H3,(H,21,23). The van der Waals surface area contributed by atoms with E-state index in [1.807, 2.05) is 20.8 Å². The number of piperidine rings is 1. The van der Waals surface area contributed by atoms with Gasteiger partial charge in [-0.2, -0.15) is 0 Å². The summed E-state index contributed by atoms with van der Waals surface area (Å²) in [4.78, 5) is 19.0. The van der Waals surface area contributed by atoms with E-state index in [0.717, 1.165) is 44.7 Å². The molecular formula is C19H27N3O2. The maximum absolute atomic E-state index is 11.9. The van der Waals surface area contributed by atoms with Crippen LogP contribution in [0.25, 0.3) is 0 Å². The van der Waals surface area contributed by atoms with Crippen LogP contribution in [-0.4, -0.2) is 48.1 Å². The lowest BCUT2D eigenvalue weighted by molar-refractivity contribution is 0.0488. The molecule has 0 saturated carbocycles. The Morgan fingerprint density at radius 1 is 1.25 bits per heavy atom. The first-order chi connectivity index (χ1) is 11.4. The van der Waals surface area contributed by atoms with Crippen molar-refractivity contribution in [3.05, 3.63) is 35.4 Å². The molecular weight excluding hydrogens is 302 g/mol. The number of hydrogen-bond donors (Lipinski definition) is 1. The molecule has 0 radical (unpaired) electrons. The second-order valence-corrected chi connectivity index (χ2v) is 7.52. The number of amidine groups is 1. The van der Waals surface area contributed by atoms with Gasteiger partial charge in [0.05, 0.1) is 0 Å². The summed E-state index contributed by atoms with van der Waals surface area (Å²) in [7, 11) is 0. The molecule has 1 amide bonds. The number of nitrogens with one attached hydrogen (secondary N) is 1. The Balaban J connectivity index is 1.56. The number of carbonyl (C=O) groups excluding carboxylic acids is 1. The van der Waals surface area contributed by atoms with Crippen LogP contribution in [0.2, 0.25) is 0 Å². The average molecular weight is 329 g/mol. The topological polar surface area (TPSA) is 53.9 Å². The number of ether oxygens (including phenoxy) is 1. The van der Waals surface area contributed by atoms with E-state index in [1.165, 1.54) is 11.1 Å². The van der Waals surface area contributed by atoms with E-state index in [1.54, 1.807) is 0 Å². The number of amides is 1. The van der Waals surface area contributed by atoms with Crippen LogP contribution in [-0.2, 0) is 11.2 Å². The maximum Gasteiger partial charge on any atom is 0.407 e. The molecule has 130 valence electrons. The Morgan fingerprint density at radius 3 is 2.67 bits per heavy atom. The van der Waals surface area contributed by atoms with E-state index >= 15 is 0 Å². The largest absolute Gasteiger partial charge is 0.444 e. The van der Waals surface area contributed by atoms with Crippen LogP contribution < -0.4 is 5.32 Å². The Kier molecular flexibility index (Phi) is 4.78. The van der Waals surface area contributed by atoms with Crippen molar-refractivity contribution in [3.63, 3.8) is 0 Å². The molecule has 0 aliphatic carbocycles. The molecule has 1 fully saturated rings. The second-order valence-electron chi connectivity index (χ2n) is 7.52. The number of nitrogens with zero attached hydrogens (tertiary/aromatic N) is 2. The summed E-state index contributed by atoms with van der Waals surface area (Å²) >= 11 is 0. The van der Waals surface area contributed by atoms with Crippen LogP contribution >= 0.6 is 0 Å². The smallest absolute Gasteiger partial charge is 0.407 e. The molecule has 2 aliphatic heterocycles. The van der Waals surface area contributed by atoms with E-state index in [2.05, 4.69) is 34.5 Å².